The number of rotatable bonds is 4. The smallest absolute Gasteiger partial charge is 0.156 e. The zero-order valence-corrected chi connectivity index (χ0v) is 11.5. The Bertz CT molecular complexity index is 505. The first kappa shape index (κ1) is 12.8. The fourth-order valence-electron chi connectivity index (χ4n) is 2.59. The van der Waals surface area contributed by atoms with Crippen molar-refractivity contribution in [2.24, 2.45) is 5.92 Å². The molecule has 1 aromatic heterocycles. The summed E-state index contributed by atoms with van der Waals surface area (Å²) in [6, 6.07) is 0.205. The standard InChI is InChI=1S/C13H16ClN3O2/c1-7-15-12(14)9(6-18)13(16-7)17-10-4-5-19-11(10)8-2-3-8/h6,8,10-11H,2-5H2,1H3,(H,15,16,17). The number of halogens is 1. The molecular weight excluding hydrogens is 266 g/mol. The van der Waals surface area contributed by atoms with E-state index in [1.807, 2.05) is 0 Å². The van der Waals surface area contributed by atoms with Crippen molar-refractivity contribution in [3.8, 4) is 0 Å². The molecule has 1 N–H and O–H groups in total. The Morgan fingerprint density at radius 1 is 1.37 bits per heavy atom. The molecule has 1 aliphatic heterocycles. The van der Waals surface area contributed by atoms with Crippen LogP contribution in [-0.4, -0.2) is 35.0 Å². The summed E-state index contributed by atoms with van der Waals surface area (Å²) in [7, 11) is 0. The van der Waals surface area contributed by atoms with Crippen molar-refractivity contribution in [2.45, 2.75) is 38.3 Å². The van der Waals surface area contributed by atoms with Gasteiger partial charge in [-0.15, -0.1) is 0 Å². The van der Waals surface area contributed by atoms with Crippen molar-refractivity contribution >= 4 is 23.7 Å². The molecule has 6 heteroatoms. The van der Waals surface area contributed by atoms with Crippen molar-refractivity contribution in [2.75, 3.05) is 11.9 Å². The van der Waals surface area contributed by atoms with E-state index in [1.165, 1.54) is 12.8 Å². The molecule has 0 bridgehead atoms. The molecular formula is C13H16ClN3O2. The molecule has 3 rings (SSSR count). The fourth-order valence-corrected chi connectivity index (χ4v) is 2.85. The largest absolute Gasteiger partial charge is 0.376 e. The van der Waals surface area contributed by atoms with E-state index in [4.69, 9.17) is 16.3 Å². The van der Waals surface area contributed by atoms with E-state index in [-0.39, 0.29) is 17.3 Å². The van der Waals surface area contributed by atoms with Crippen LogP contribution >= 0.6 is 11.6 Å². The quantitative estimate of drug-likeness (QED) is 0.677. The average Bonchev–Trinajstić information content (AvgIpc) is 3.10. The third-order valence-corrected chi connectivity index (χ3v) is 3.96. The Hall–Kier alpha value is -1.20. The number of hydrogen-bond acceptors (Lipinski definition) is 5. The topological polar surface area (TPSA) is 64.1 Å². The minimum atomic E-state index is 0.201. The second kappa shape index (κ2) is 5.06. The number of ether oxygens (including phenoxy) is 1. The monoisotopic (exact) mass is 281 g/mol. The number of nitrogens with zero attached hydrogens (tertiary/aromatic N) is 2. The van der Waals surface area contributed by atoms with Gasteiger partial charge in [0.2, 0.25) is 0 Å². The predicted molar refractivity (Wildman–Crippen MR) is 71.7 cm³/mol. The highest BCUT2D eigenvalue weighted by molar-refractivity contribution is 6.32. The summed E-state index contributed by atoms with van der Waals surface area (Å²) >= 11 is 5.98. The maximum atomic E-state index is 11.1. The Morgan fingerprint density at radius 3 is 2.84 bits per heavy atom. The summed E-state index contributed by atoms with van der Waals surface area (Å²) in [4.78, 5) is 19.4. The number of hydrogen-bond donors (Lipinski definition) is 1. The lowest BCUT2D eigenvalue weighted by atomic mass is 10.1. The van der Waals surface area contributed by atoms with E-state index >= 15 is 0 Å². The molecule has 2 atom stereocenters. The predicted octanol–water partition coefficient (Wildman–Crippen LogP) is 2.23. The third-order valence-electron chi connectivity index (χ3n) is 3.67. The van der Waals surface area contributed by atoms with E-state index in [9.17, 15) is 4.79 Å². The summed E-state index contributed by atoms with van der Waals surface area (Å²) in [6.07, 6.45) is 4.32. The minimum Gasteiger partial charge on any atom is -0.376 e. The van der Waals surface area contributed by atoms with Crippen LogP contribution in [0.3, 0.4) is 0 Å². The highest BCUT2D eigenvalue weighted by atomic mass is 35.5. The second-order valence-corrected chi connectivity index (χ2v) is 5.51. The molecule has 0 radical (unpaired) electrons. The number of carbonyl (C=O) groups excluding carboxylic acids is 1. The zero-order valence-electron chi connectivity index (χ0n) is 10.7. The lowest BCUT2D eigenvalue weighted by molar-refractivity contribution is 0.0897. The molecule has 1 aliphatic carbocycles. The molecule has 1 aromatic rings. The number of nitrogens with one attached hydrogen (secondary N) is 1. The van der Waals surface area contributed by atoms with Gasteiger partial charge in [-0.2, -0.15) is 0 Å². The van der Waals surface area contributed by atoms with E-state index in [0.29, 0.717) is 29.4 Å². The van der Waals surface area contributed by atoms with Crippen LogP contribution in [0.15, 0.2) is 0 Å². The van der Waals surface area contributed by atoms with Crippen LogP contribution in [0, 0.1) is 12.8 Å². The molecule has 5 nitrogen and oxygen atoms in total. The van der Waals surface area contributed by atoms with Gasteiger partial charge in [0, 0.05) is 6.61 Å². The van der Waals surface area contributed by atoms with Crippen LogP contribution in [0.1, 0.15) is 35.4 Å². The molecule has 2 aliphatic rings. The van der Waals surface area contributed by atoms with Crippen molar-refractivity contribution in [3.05, 3.63) is 16.5 Å². The Kier molecular flexibility index (Phi) is 3.41. The molecule has 19 heavy (non-hydrogen) atoms. The maximum absolute atomic E-state index is 11.1. The zero-order chi connectivity index (χ0) is 13.4. The molecule has 1 saturated carbocycles. The average molecular weight is 282 g/mol. The van der Waals surface area contributed by atoms with Crippen molar-refractivity contribution < 1.29 is 9.53 Å². The first-order valence-electron chi connectivity index (χ1n) is 6.56. The van der Waals surface area contributed by atoms with Crippen LogP contribution in [0.5, 0.6) is 0 Å². The van der Waals surface area contributed by atoms with E-state index in [0.717, 1.165) is 13.0 Å². The molecule has 2 unspecified atom stereocenters. The maximum Gasteiger partial charge on any atom is 0.156 e. The molecule has 0 amide bonds. The highest BCUT2D eigenvalue weighted by Gasteiger charge is 2.41. The lowest BCUT2D eigenvalue weighted by Gasteiger charge is -2.21. The lowest BCUT2D eigenvalue weighted by Crippen LogP contribution is -2.32. The Balaban J connectivity index is 1.84. The van der Waals surface area contributed by atoms with Crippen LogP contribution in [0.25, 0.3) is 0 Å². The van der Waals surface area contributed by atoms with E-state index in [1.54, 1.807) is 6.92 Å². The number of carbonyl (C=O) groups is 1. The summed E-state index contributed by atoms with van der Waals surface area (Å²) in [5, 5.41) is 3.52. The molecule has 0 spiro atoms. The van der Waals surface area contributed by atoms with Gasteiger partial charge in [-0.1, -0.05) is 11.6 Å². The van der Waals surface area contributed by atoms with Crippen molar-refractivity contribution in [3.63, 3.8) is 0 Å². The third kappa shape index (κ3) is 2.58. The molecule has 2 fully saturated rings. The fraction of sp³-hybridized carbons (Fsp3) is 0.615. The first-order chi connectivity index (χ1) is 9.19. The SMILES string of the molecule is Cc1nc(Cl)c(C=O)c(NC2CCOC2C2CC2)n1. The first-order valence-corrected chi connectivity index (χ1v) is 6.94. The number of aldehydes is 1. The van der Waals surface area contributed by atoms with Crippen LogP contribution < -0.4 is 5.32 Å². The van der Waals surface area contributed by atoms with Gasteiger partial charge in [0.25, 0.3) is 0 Å². The second-order valence-electron chi connectivity index (χ2n) is 5.15. The number of aryl methyl sites for hydroxylation is 1. The summed E-state index contributed by atoms with van der Waals surface area (Å²) in [6.45, 7) is 2.52. The van der Waals surface area contributed by atoms with Gasteiger partial charge in [0.05, 0.1) is 17.7 Å². The Morgan fingerprint density at radius 2 is 2.16 bits per heavy atom. The molecule has 1 saturated heterocycles. The van der Waals surface area contributed by atoms with Gasteiger partial charge in [-0.05, 0) is 32.1 Å². The van der Waals surface area contributed by atoms with Crippen LogP contribution in [0.4, 0.5) is 5.82 Å². The van der Waals surface area contributed by atoms with Crippen molar-refractivity contribution in [1.82, 2.24) is 9.97 Å². The van der Waals surface area contributed by atoms with Crippen LogP contribution in [-0.2, 0) is 4.74 Å². The summed E-state index contributed by atoms with van der Waals surface area (Å²) in [5.74, 6) is 1.73. The number of aromatic nitrogens is 2. The van der Waals surface area contributed by atoms with Crippen molar-refractivity contribution in [1.29, 1.82) is 0 Å². The molecule has 0 aromatic carbocycles. The normalized spacial score (nSPS) is 26.4. The molecule has 2 heterocycles. The molecule has 102 valence electrons. The summed E-state index contributed by atoms with van der Waals surface area (Å²) < 4.78 is 5.77. The van der Waals surface area contributed by atoms with Crippen LogP contribution in [0.2, 0.25) is 5.15 Å². The van der Waals surface area contributed by atoms with Gasteiger partial charge in [-0.25, -0.2) is 9.97 Å². The van der Waals surface area contributed by atoms with Gasteiger partial charge in [0.1, 0.15) is 16.8 Å². The van der Waals surface area contributed by atoms with Gasteiger partial charge in [0.15, 0.2) is 6.29 Å². The van der Waals surface area contributed by atoms with Gasteiger partial charge in [-0.3, -0.25) is 4.79 Å². The Labute approximate surface area is 116 Å². The summed E-state index contributed by atoms with van der Waals surface area (Å²) in [5.41, 5.74) is 0.328. The minimum absolute atomic E-state index is 0.201. The van der Waals surface area contributed by atoms with E-state index in [2.05, 4.69) is 15.3 Å². The van der Waals surface area contributed by atoms with Gasteiger partial charge < -0.3 is 10.1 Å². The highest BCUT2D eigenvalue weighted by Crippen LogP contribution is 2.39. The van der Waals surface area contributed by atoms with E-state index < -0.39 is 0 Å². The van der Waals surface area contributed by atoms with Gasteiger partial charge >= 0.3 is 0 Å². The number of anilines is 1.